The van der Waals surface area contributed by atoms with Gasteiger partial charge in [-0.15, -0.1) is 0 Å². The van der Waals surface area contributed by atoms with Crippen LogP contribution >= 0.6 is 0 Å². The molecule has 0 saturated heterocycles. The average molecular weight is 245 g/mol. The third kappa shape index (κ3) is 3.63. The lowest BCUT2D eigenvalue weighted by atomic mass is 10.2. The summed E-state index contributed by atoms with van der Waals surface area (Å²) < 4.78 is 26.7. The zero-order valence-electron chi connectivity index (χ0n) is 9.24. The van der Waals surface area contributed by atoms with E-state index in [1.165, 1.54) is 0 Å². The first-order valence-electron chi connectivity index (χ1n) is 5.04. The third-order valence-corrected chi connectivity index (χ3v) is 2.14. The zero-order valence-corrected chi connectivity index (χ0v) is 9.24. The van der Waals surface area contributed by atoms with Crippen molar-refractivity contribution in [2.75, 3.05) is 11.9 Å². The maximum absolute atomic E-state index is 13.4. The number of nitro benzene ring substituents is 1. The Balaban J connectivity index is 2.83. The van der Waals surface area contributed by atoms with Crippen molar-refractivity contribution in [3.63, 3.8) is 0 Å². The van der Waals surface area contributed by atoms with Gasteiger partial charge < -0.3 is 11.1 Å². The first-order chi connectivity index (χ1) is 7.91. The van der Waals surface area contributed by atoms with Crippen molar-refractivity contribution >= 4 is 11.4 Å². The van der Waals surface area contributed by atoms with Crippen molar-refractivity contribution in [2.24, 2.45) is 5.73 Å². The molecule has 1 aromatic rings. The molecule has 0 radical (unpaired) electrons. The van der Waals surface area contributed by atoms with Gasteiger partial charge in [-0.3, -0.25) is 10.1 Å². The molecule has 7 heteroatoms. The predicted octanol–water partition coefficient (Wildman–Crippen LogP) is 2.02. The van der Waals surface area contributed by atoms with Crippen molar-refractivity contribution < 1.29 is 13.7 Å². The lowest BCUT2D eigenvalue weighted by Gasteiger charge is -2.10. The van der Waals surface area contributed by atoms with Crippen LogP contribution in [0.25, 0.3) is 0 Å². The normalized spacial score (nSPS) is 12.2. The summed E-state index contributed by atoms with van der Waals surface area (Å²) >= 11 is 0. The third-order valence-electron chi connectivity index (χ3n) is 2.14. The van der Waals surface area contributed by atoms with Crippen molar-refractivity contribution in [1.29, 1.82) is 0 Å². The highest BCUT2D eigenvalue weighted by atomic mass is 19.1. The van der Waals surface area contributed by atoms with E-state index in [0.29, 0.717) is 25.1 Å². The van der Waals surface area contributed by atoms with Gasteiger partial charge in [-0.1, -0.05) is 0 Å². The van der Waals surface area contributed by atoms with Gasteiger partial charge in [-0.2, -0.15) is 0 Å². The molecule has 0 amide bonds. The molecule has 0 bridgehead atoms. The zero-order chi connectivity index (χ0) is 13.0. The standard InChI is InChI=1S/C10H13F2N3O2/c1-6(13)2-3-14-10-8(11)4-7(15(16)17)5-9(10)12/h4-6,14H,2-3,13H2,1H3. The van der Waals surface area contributed by atoms with Crippen LogP contribution in [-0.2, 0) is 0 Å². The Hall–Kier alpha value is -1.76. The van der Waals surface area contributed by atoms with Gasteiger partial charge in [0.05, 0.1) is 17.1 Å². The molecular weight excluding hydrogens is 232 g/mol. The monoisotopic (exact) mass is 245 g/mol. The summed E-state index contributed by atoms with van der Waals surface area (Å²) in [6, 6.07) is 1.26. The number of halogens is 2. The number of benzene rings is 1. The fourth-order valence-corrected chi connectivity index (χ4v) is 1.26. The Labute approximate surface area is 96.8 Å². The summed E-state index contributed by atoms with van der Waals surface area (Å²) in [5, 5.41) is 12.9. The number of hydrogen-bond donors (Lipinski definition) is 2. The number of nitrogens with one attached hydrogen (secondary N) is 1. The molecule has 0 aliphatic carbocycles. The summed E-state index contributed by atoms with van der Waals surface area (Å²) in [4.78, 5) is 9.51. The van der Waals surface area contributed by atoms with Crippen LogP contribution in [0.1, 0.15) is 13.3 Å². The van der Waals surface area contributed by atoms with Gasteiger partial charge in [0.2, 0.25) is 0 Å². The molecule has 0 fully saturated rings. The summed E-state index contributed by atoms with van der Waals surface area (Å²) in [6.45, 7) is 2.06. The Bertz CT molecular complexity index is 401. The average Bonchev–Trinajstić information content (AvgIpc) is 2.21. The molecule has 0 aromatic heterocycles. The van der Waals surface area contributed by atoms with Crippen LogP contribution in [0.15, 0.2) is 12.1 Å². The second kappa shape index (κ2) is 5.53. The first-order valence-corrected chi connectivity index (χ1v) is 5.04. The van der Waals surface area contributed by atoms with Gasteiger partial charge in [0, 0.05) is 12.6 Å². The van der Waals surface area contributed by atoms with E-state index in [0.717, 1.165) is 0 Å². The second-order valence-electron chi connectivity index (χ2n) is 3.73. The first kappa shape index (κ1) is 13.3. The second-order valence-corrected chi connectivity index (χ2v) is 3.73. The maximum atomic E-state index is 13.4. The van der Waals surface area contributed by atoms with E-state index in [1.807, 2.05) is 0 Å². The largest absolute Gasteiger partial charge is 0.380 e. The fraction of sp³-hybridized carbons (Fsp3) is 0.400. The highest BCUT2D eigenvalue weighted by Crippen LogP contribution is 2.24. The number of non-ortho nitro benzene ring substituents is 1. The fourth-order valence-electron chi connectivity index (χ4n) is 1.26. The minimum Gasteiger partial charge on any atom is -0.380 e. The topological polar surface area (TPSA) is 81.2 Å². The number of nitrogens with zero attached hydrogens (tertiary/aromatic N) is 1. The van der Waals surface area contributed by atoms with E-state index in [-0.39, 0.29) is 11.7 Å². The minimum absolute atomic E-state index is 0.0910. The van der Waals surface area contributed by atoms with Crippen LogP contribution in [0.5, 0.6) is 0 Å². The van der Waals surface area contributed by atoms with Gasteiger partial charge in [-0.25, -0.2) is 8.78 Å². The summed E-state index contributed by atoms with van der Waals surface area (Å²) in [6.07, 6.45) is 0.538. The molecule has 0 aliphatic rings. The van der Waals surface area contributed by atoms with E-state index in [4.69, 9.17) is 5.73 Å². The van der Waals surface area contributed by atoms with E-state index in [1.54, 1.807) is 6.92 Å². The molecule has 17 heavy (non-hydrogen) atoms. The van der Waals surface area contributed by atoms with Crippen LogP contribution in [0.2, 0.25) is 0 Å². The lowest BCUT2D eigenvalue weighted by Crippen LogP contribution is -2.19. The van der Waals surface area contributed by atoms with Gasteiger partial charge in [-0.05, 0) is 13.3 Å². The summed E-state index contributed by atoms with van der Waals surface area (Å²) in [7, 11) is 0. The van der Waals surface area contributed by atoms with Crippen LogP contribution < -0.4 is 11.1 Å². The van der Waals surface area contributed by atoms with Crippen LogP contribution in [0, 0.1) is 21.7 Å². The van der Waals surface area contributed by atoms with Gasteiger partial charge in [0.15, 0.2) is 11.6 Å². The van der Waals surface area contributed by atoms with Crippen LogP contribution in [-0.4, -0.2) is 17.5 Å². The molecule has 1 rings (SSSR count). The molecule has 5 nitrogen and oxygen atoms in total. The van der Waals surface area contributed by atoms with Crippen molar-refractivity contribution in [3.05, 3.63) is 33.9 Å². The molecule has 1 atom stereocenters. The number of hydrogen-bond acceptors (Lipinski definition) is 4. The SMILES string of the molecule is CC(N)CCNc1c(F)cc([N+](=O)[O-])cc1F. The van der Waals surface area contributed by atoms with Crippen molar-refractivity contribution in [1.82, 2.24) is 0 Å². The van der Waals surface area contributed by atoms with Crippen molar-refractivity contribution in [2.45, 2.75) is 19.4 Å². The summed E-state index contributed by atoms with van der Waals surface area (Å²) in [5.41, 5.74) is 4.50. The Morgan fingerprint density at radius 3 is 2.41 bits per heavy atom. The summed E-state index contributed by atoms with van der Waals surface area (Å²) in [5.74, 6) is -1.97. The Morgan fingerprint density at radius 2 is 2.00 bits per heavy atom. The highest BCUT2D eigenvalue weighted by molar-refractivity contribution is 5.51. The van der Waals surface area contributed by atoms with E-state index < -0.39 is 22.2 Å². The van der Waals surface area contributed by atoms with E-state index >= 15 is 0 Å². The molecule has 1 aromatic carbocycles. The number of rotatable bonds is 5. The van der Waals surface area contributed by atoms with E-state index in [9.17, 15) is 18.9 Å². The van der Waals surface area contributed by atoms with Gasteiger partial charge in [0.1, 0.15) is 5.69 Å². The molecular formula is C10H13F2N3O2. The van der Waals surface area contributed by atoms with E-state index in [2.05, 4.69) is 5.32 Å². The van der Waals surface area contributed by atoms with Crippen LogP contribution in [0.3, 0.4) is 0 Å². The van der Waals surface area contributed by atoms with Crippen LogP contribution in [0.4, 0.5) is 20.2 Å². The quantitative estimate of drug-likeness (QED) is 0.614. The Morgan fingerprint density at radius 1 is 1.47 bits per heavy atom. The Kier molecular flexibility index (Phi) is 4.33. The van der Waals surface area contributed by atoms with Gasteiger partial charge in [0.25, 0.3) is 5.69 Å². The molecule has 94 valence electrons. The molecule has 1 unspecified atom stereocenters. The minimum atomic E-state index is -0.985. The van der Waals surface area contributed by atoms with Crippen molar-refractivity contribution in [3.8, 4) is 0 Å². The lowest BCUT2D eigenvalue weighted by molar-refractivity contribution is -0.385. The molecule has 0 heterocycles. The number of anilines is 1. The molecule has 0 saturated carbocycles. The molecule has 0 aliphatic heterocycles. The highest BCUT2D eigenvalue weighted by Gasteiger charge is 2.16. The smallest absolute Gasteiger partial charge is 0.275 e. The molecule has 0 spiro atoms. The number of nitro groups is 1. The van der Waals surface area contributed by atoms with Gasteiger partial charge >= 0.3 is 0 Å². The molecule has 3 N–H and O–H groups in total. The number of nitrogens with two attached hydrogens (primary N) is 1. The predicted molar refractivity (Wildman–Crippen MR) is 59.8 cm³/mol. The maximum Gasteiger partial charge on any atom is 0.275 e.